The highest BCUT2D eigenvalue weighted by molar-refractivity contribution is 5.23. The number of halogens is 1. The lowest BCUT2D eigenvalue weighted by atomic mass is 10.2. The Kier molecular flexibility index (Phi) is 5.13. The van der Waals surface area contributed by atoms with Gasteiger partial charge in [0.2, 0.25) is 0 Å². The van der Waals surface area contributed by atoms with Gasteiger partial charge in [-0.25, -0.2) is 4.39 Å². The minimum absolute atomic E-state index is 0.0213. The van der Waals surface area contributed by atoms with Gasteiger partial charge in [-0.05, 0) is 30.9 Å². The maximum absolute atomic E-state index is 13.2. The van der Waals surface area contributed by atoms with Crippen molar-refractivity contribution in [2.45, 2.75) is 25.0 Å². The zero-order valence-corrected chi connectivity index (χ0v) is 10.8. The van der Waals surface area contributed by atoms with Gasteiger partial charge in [0.05, 0.1) is 6.10 Å². The first-order valence-electron chi connectivity index (χ1n) is 6.61. The molecule has 3 N–H and O–H groups in total. The molecular formula is C14H20FNO3. The van der Waals surface area contributed by atoms with E-state index in [0.717, 1.165) is 12.8 Å². The van der Waals surface area contributed by atoms with Gasteiger partial charge >= 0.3 is 0 Å². The van der Waals surface area contributed by atoms with E-state index in [0.29, 0.717) is 19.0 Å². The molecule has 5 heteroatoms. The van der Waals surface area contributed by atoms with Crippen molar-refractivity contribution in [2.24, 2.45) is 5.92 Å². The average molecular weight is 269 g/mol. The van der Waals surface area contributed by atoms with E-state index in [9.17, 15) is 14.6 Å². The fourth-order valence-corrected chi connectivity index (χ4v) is 1.85. The van der Waals surface area contributed by atoms with Crippen LogP contribution in [0.2, 0.25) is 0 Å². The lowest BCUT2D eigenvalue weighted by Gasteiger charge is -2.15. The highest BCUT2D eigenvalue weighted by Crippen LogP contribution is 2.32. The Morgan fingerprint density at radius 1 is 1.26 bits per heavy atom. The van der Waals surface area contributed by atoms with Crippen LogP contribution in [0, 0.1) is 11.7 Å². The summed E-state index contributed by atoms with van der Waals surface area (Å²) < 4.78 is 18.4. The first-order valence-corrected chi connectivity index (χ1v) is 6.61. The Labute approximate surface area is 112 Å². The van der Waals surface area contributed by atoms with Gasteiger partial charge in [0.1, 0.15) is 12.7 Å². The number of ether oxygens (including phenoxy) is 1. The highest BCUT2D eigenvalue weighted by Gasteiger charge is 2.29. The minimum Gasteiger partial charge on any atom is -0.488 e. The lowest BCUT2D eigenvalue weighted by Crippen LogP contribution is -2.36. The number of benzene rings is 1. The van der Waals surface area contributed by atoms with Crippen LogP contribution in [0.5, 0.6) is 5.75 Å². The molecule has 106 valence electrons. The largest absolute Gasteiger partial charge is 0.488 e. The van der Waals surface area contributed by atoms with Gasteiger partial charge in [-0.15, -0.1) is 0 Å². The predicted octanol–water partition coefficient (Wildman–Crippen LogP) is 0.926. The molecule has 0 amide bonds. The van der Waals surface area contributed by atoms with Crippen LogP contribution in [0.1, 0.15) is 12.8 Å². The molecular weight excluding hydrogens is 249 g/mol. The fraction of sp³-hybridized carbons (Fsp3) is 0.571. The molecule has 4 nitrogen and oxygen atoms in total. The van der Waals surface area contributed by atoms with E-state index in [1.54, 1.807) is 12.1 Å². The standard InChI is InChI=1S/C14H20FNO3/c15-12-3-1-2-4-14(12)19-9-11(17)7-16-8-13(18)10-5-6-10/h1-4,10-11,13,16-18H,5-9H2. The second-order valence-electron chi connectivity index (χ2n) is 4.96. The van der Waals surface area contributed by atoms with Crippen LogP contribution in [-0.4, -0.2) is 42.1 Å². The summed E-state index contributed by atoms with van der Waals surface area (Å²) in [6.45, 7) is 0.813. The second-order valence-corrected chi connectivity index (χ2v) is 4.96. The molecule has 0 bridgehead atoms. The number of nitrogens with one attached hydrogen (secondary N) is 1. The minimum atomic E-state index is -0.731. The van der Waals surface area contributed by atoms with Gasteiger partial charge in [0.15, 0.2) is 11.6 Å². The van der Waals surface area contributed by atoms with Crippen molar-refractivity contribution in [1.82, 2.24) is 5.32 Å². The summed E-state index contributed by atoms with van der Waals surface area (Å²) in [6, 6.07) is 6.09. The molecule has 0 aromatic heterocycles. The molecule has 0 aliphatic heterocycles. The van der Waals surface area contributed by atoms with Crippen molar-refractivity contribution in [3.8, 4) is 5.75 Å². The number of hydrogen-bond acceptors (Lipinski definition) is 4. The van der Waals surface area contributed by atoms with E-state index in [1.165, 1.54) is 12.1 Å². The molecule has 0 saturated heterocycles. The Bertz CT molecular complexity index is 398. The zero-order valence-electron chi connectivity index (χ0n) is 10.8. The topological polar surface area (TPSA) is 61.7 Å². The maximum Gasteiger partial charge on any atom is 0.165 e. The second kappa shape index (κ2) is 6.84. The number of para-hydroxylation sites is 1. The molecule has 1 saturated carbocycles. The molecule has 1 aromatic carbocycles. The molecule has 0 radical (unpaired) electrons. The number of aliphatic hydroxyl groups excluding tert-OH is 2. The Balaban J connectivity index is 1.61. The van der Waals surface area contributed by atoms with Crippen LogP contribution >= 0.6 is 0 Å². The molecule has 2 unspecified atom stereocenters. The van der Waals surface area contributed by atoms with Crippen molar-refractivity contribution in [2.75, 3.05) is 19.7 Å². The van der Waals surface area contributed by atoms with Gasteiger partial charge in [0, 0.05) is 13.1 Å². The molecule has 2 rings (SSSR count). The van der Waals surface area contributed by atoms with Crippen LogP contribution in [0.3, 0.4) is 0 Å². The predicted molar refractivity (Wildman–Crippen MR) is 69.5 cm³/mol. The average Bonchev–Trinajstić information content (AvgIpc) is 3.22. The maximum atomic E-state index is 13.2. The molecule has 1 aromatic rings. The third-order valence-corrected chi connectivity index (χ3v) is 3.17. The van der Waals surface area contributed by atoms with Crippen LogP contribution in [-0.2, 0) is 0 Å². The first-order chi connectivity index (χ1) is 9.16. The van der Waals surface area contributed by atoms with E-state index >= 15 is 0 Å². The highest BCUT2D eigenvalue weighted by atomic mass is 19.1. The zero-order chi connectivity index (χ0) is 13.7. The van der Waals surface area contributed by atoms with Crippen LogP contribution in [0.25, 0.3) is 0 Å². The lowest BCUT2D eigenvalue weighted by molar-refractivity contribution is 0.0949. The third-order valence-electron chi connectivity index (χ3n) is 3.17. The molecule has 1 aliphatic rings. The van der Waals surface area contributed by atoms with Crippen molar-refractivity contribution in [3.05, 3.63) is 30.1 Å². The Morgan fingerprint density at radius 2 is 2.00 bits per heavy atom. The molecule has 0 heterocycles. The van der Waals surface area contributed by atoms with E-state index in [-0.39, 0.29) is 18.5 Å². The van der Waals surface area contributed by atoms with Gasteiger partial charge in [0.25, 0.3) is 0 Å². The van der Waals surface area contributed by atoms with E-state index in [4.69, 9.17) is 4.74 Å². The number of rotatable bonds is 8. The monoisotopic (exact) mass is 269 g/mol. The fourth-order valence-electron chi connectivity index (χ4n) is 1.85. The number of aliphatic hydroxyl groups is 2. The van der Waals surface area contributed by atoms with Gasteiger partial charge in [-0.3, -0.25) is 0 Å². The molecule has 19 heavy (non-hydrogen) atoms. The summed E-state index contributed by atoms with van der Waals surface area (Å²) in [5.41, 5.74) is 0. The summed E-state index contributed by atoms with van der Waals surface area (Å²) >= 11 is 0. The van der Waals surface area contributed by atoms with Gasteiger partial charge < -0.3 is 20.3 Å². The number of hydrogen-bond donors (Lipinski definition) is 3. The SMILES string of the molecule is OC(CNCC(O)C1CC1)COc1ccccc1F. The quantitative estimate of drug-likeness (QED) is 0.657. The van der Waals surface area contributed by atoms with Crippen LogP contribution < -0.4 is 10.1 Å². The van der Waals surface area contributed by atoms with E-state index < -0.39 is 11.9 Å². The summed E-state index contributed by atoms with van der Waals surface area (Å²) in [6.07, 6.45) is 1.11. The first kappa shape index (κ1) is 14.2. The Hall–Kier alpha value is -1.17. The summed E-state index contributed by atoms with van der Waals surface area (Å²) in [5.74, 6) is 0.116. The third kappa shape index (κ3) is 4.78. The van der Waals surface area contributed by atoms with Gasteiger partial charge in [-0.1, -0.05) is 12.1 Å². The van der Waals surface area contributed by atoms with Crippen molar-refractivity contribution < 1.29 is 19.3 Å². The smallest absolute Gasteiger partial charge is 0.165 e. The Morgan fingerprint density at radius 3 is 2.68 bits per heavy atom. The summed E-state index contributed by atoms with van der Waals surface area (Å²) in [4.78, 5) is 0. The van der Waals surface area contributed by atoms with Crippen molar-refractivity contribution in [3.63, 3.8) is 0 Å². The summed E-state index contributed by atoms with van der Waals surface area (Å²) in [5, 5.41) is 22.3. The normalized spacial score (nSPS) is 18.1. The van der Waals surface area contributed by atoms with E-state index in [2.05, 4.69) is 5.32 Å². The van der Waals surface area contributed by atoms with Crippen molar-refractivity contribution >= 4 is 0 Å². The molecule has 2 atom stereocenters. The van der Waals surface area contributed by atoms with Crippen LogP contribution in [0.15, 0.2) is 24.3 Å². The van der Waals surface area contributed by atoms with E-state index in [1.807, 2.05) is 0 Å². The molecule has 1 aliphatic carbocycles. The van der Waals surface area contributed by atoms with Crippen LogP contribution in [0.4, 0.5) is 4.39 Å². The molecule has 1 fully saturated rings. The summed E-state index contributed by atoms with van der Waals surface area (Å²) in [7, 11) is 0. The molecule has 0 spiro atoms. The van der Waals surface area contributed by atoms with Crippen molar-refractivity contribution in [1.29, 1.82) is 0 Å². The van der Waals surface area contributed by atoms with Gasteiger partial charge in [-0.2, -0.15) is 0 Å².